The van der Waals surface area contributed by atoms with Crippen molar-refractivity contribution in [2.75, 3.05) is 16.8 Å². The molecular weight excluding hydrogens is 356 g/mol. The molecule has 0 aliphatic carbocycles. The highest BCUT2D eigenvalue weighted by Crippen LogP contribution is 2.30. The molecule has 1 heterocycles. The van der Waals surface area contributed by atoms with Crippen molar-refractivity contribution in [3.8, 4) is 0 Å². The van der Waals surface area contributed by atoms with Crippen molar-refractivity contribution in [3.05, 3.63) is 58.1 Å². The molecule has 0 radical (unpaired) electrons. The van der Waals surface area contributed by atoms with Crippen LogP contribution in [0.3, 0.4) is 0 Å². The maximum Gasteiger partial charge on any atom is 0.255 e. The first-order chi connectivity index (χ1) is 11.0. The lowest BCUT2D eigenvalue weighted by Crippen LogP contribution is -2.33. The minimum atomic E-state index is -0.142. The smallest absolute Gasteiger partial charge is 0.255 e. The largest absolute Gasteiger partial charge is 0.322 e. The Morgan fingerprint density at radius 3 is 2.57 bits per heavy atom. The number of hydrogen-bond donors (Lipinski definition) is 1. The van der Waals surface area contributed by atoms with Crippen LogP contribution in [0.25, 0.3) is 0 Å². The van der Waals surface area contributed by atoms with Crippen LogP contribution in [-0.4, -0.2) is 18.4 Å². The maximum atomic E-state index is 12.3. The second-order valence-corrected chi connectivity index (χ2v) is 6.49. The molecule has 0 saturated heterocycles. The van der Waals surface area contributed by atoms with Crippen LogP contribution in [0.15, 0.2) is 46.9 Å². The van der Waals surface area contributed by atoms with Crippen molar-refractivity contribution in [2.45, 2.75) is 19.8 Å². The van der Waals surface area contributed by atoms with Gasteiger partial charge in [0.15, 0.2) is 0 Å². The Morgan fingerprint density at radius 2 is 1.87 bits per heavy atom. The van der Waals surface area contributed by atoms with E-state index in [1.54, 1.807) is 24.0 Å². The Hall–Kier alpha value is -2.14. The molecule has 23 heavy (non-hydrogen) atoms. The maximum absolute atomic E-state index is 12.3. The summed E-state index contributed by atoms with van der Waals surface area (Å²) in [5.41, 5.74) is 3.41. The van der Waals surface area contributed by atoms with Gasteiger partial charge in [-0.05, 0) is 60.9 Å². The first-order valence-corrected chi connectivity index (χ1v) is 8.32. The van der Waals surface area contributed by atoms with Gasteiger partial charge >= 0.3 is 0 Å². The number of rotatable bonds is 2. The molecule has 3 rings (SSSR count). The average molecular weight is 373 g/mol. The van der Waals surface area contributed by atoms with E-state index in [4.69, 9.17) is 0 Å². The van der Waals surface area contributed by atoms with Crippen LogP contribution in [0.5, 0.6) is 0 Å². The number of fused-ring (bicyclic) bond motifs is 1. The van der Waals surface area contributed by atoms with Gasteiger partial charge in [-0.3, -0.25) is 9.59 Å². The number of amides is 2. The van der Waals surface area contributed by atoms with E-state index in [1.807, 2.05) is 30.3 Å². The minimum Gasteiger partial charge on any atom is -0.322 e. The molecule has 0 bridgehead atoms. The predicted molar refractivity (Wildman–Crippen MR) is 94.9 cm³/mol. The Morgan fingerprint density at radius 1 is 1.13 bits per heavy atom. The second-order valence-electron chi connectivity index (χ2n) is 5.58. The Balaban J connectivity index is 1.81. The van der Waals surface area contributed by atoms with Gasteiger partial charge in [0.25, 0.3) is 5.91 Å². The lowest BCUT2D eigenvalue weighted by molar-refractivity contribution is -0.116. The second kappa shape index (κ2) is 6.54. The van der Waals surface area contributed by atoms with E-state index in [2.05, 4.69) is 21.2 Å². The Labute approximate surface area is 143 Å². The predicted octanol–water partition coefficient (Wildman–Crippen LogP) is 4.00. The van der Waals surface area contributed by atoms with Gasteiger partial charge in [-0.25, -0.2) is 0 Å². The molecule has 0 spiro atoms. The van der Waals surface area contributed by atoms with Gasteiger partial charge in [0.2, 0.25) is 5.91 Å². The van der Waals surface area contributed by atoms with Crippen molar-refractivity contribution in [1.29, 1.82) is 0 Å². The van der Waals surface area contributed by atoms with Crippen LogP contribution in [0.1, 0.15) is 29.3 Å². The molecular formula is C18H17BrN2O2. The number of hydrogen-bond acceptors (Lipinski definition) is 2. The molecule has 2 aromatic carbocycles. The first kappa shape index (κ1) is 15.7. The van der Waals surface area contributed by atoms with E-state index in [9.17, 15) is 9.59 Å². The number of carbonyl (C=O) groups is 2. The van der Waals surface area contributed by atoms with Crippen LogP contribution in [0, 0.1) is 0 Å². The Kier molecular flexibility index (Phi) is 4.48. The molecule has 5 heteroatoms. The number of aryl methyl sites for hydroxylation is 1. The van der Waals surface area contributed by atoms with Crippen LogP contribution in [0.2, 0.25) is 0 Å². The number of carbonyl (C=O) groups excluding carboxylic acids is 2. The van der Waals surface area contributed by atoms with Gasteiger partial charge in [0, 0.05) is 34.9 Å². The lowest BCUT2D eigenvalue weighted by atomic mass is 10.0. The topological polar surface area (TPSA) is 49.4 Å². The van der Waals surface area contributed by atoms with E-state index < -0.39 is 0 Å². The van der Waals surface area contributed by atoms with E-state index >= 15 is 0 Å². The summed E-state index contributed by atoms with van der Waals surface area (Å²) in [4.78, 5) is 25.8. The van der Waals surface area contributed by atoms with Crippen molar-refractivity contribution in [1.82, 2.24) is 0 Å². The molecule has 4 nitrogen and oxygen atoms in total. The molecule has 1 aliphatic rings. The summed E-state index contributed by atoms with van der Waals surface area (Å²) in [6.07, 6.45) is 1.86. The molecule has 0 aromatic heterocycles. The van der Waals surface area contributed by atoms with Crippen LogP contribution >= 0.6 is 15.9 Å². The molecule has 2 aromatic rings. The fraction of sp³-hybridized carbons (Fsp3) is 0.222. The summed E-state index contributed by atoms with van der Waals surface area (Å²) in [7, 11) is 0. The van der Waals surface area contributed by atoms with E-state index in [0.29, 0.717) is 5.56 Å². The van der Waals surface area contributed by atoms with Gasteiger partial charge in [-0.2, -0.15) is 0 Å². The van der Waals surface area contributed by atoms with E-state index in [0.717, 1.165) is 40.8 Å². The molecule has 1 N–H and O–H groups in total. The summed E-state index contributed by atoms with van der Waals surface area (Å²) in [5.74, 6) is -0.0886. The minimum absolute atomic E-state index is 0.0533. The monoisotopic (exact) mass is 372 g/mol. The van der Waals surface area contributed by atoms with E-state index in [-0.39, 0.29) is 11.8 Å². The third-order valence-electron chi connectivity index (χ3n) is 3.94. The molecule has 0 saturated carbocycles. The number of benzene rings is 2. The zero-order valence-corrected chi connectivity index (χ0v) is 14.4. The molecule has 0 fully saturated rings. The fourth-order valence-corrected chi connectivity index (χ4v) is 3.07. The summed E-state index contributed by atoms with van der Waals surface area (Å²) >= 11 is 3.36. The normalized spacial score (nSPS) is 13.4. The first-order valence-electron chi connectivity index (χ1n) is 7.52. The Bertz CT molecular complexity index is 756. The van der Waals surface area contributed by atoms with Crippen molar-refractivity contribution in [3.63, 3.8) is 0 Å². The highest BCUT2D eigenvalue weighted by molar-refractivity contribution is 9.10. The van der Waals surface area contributed by atoms with Crippen LogP contribution in [-0.2, 0) is 11.2 Å². The molecule has 1 aliphatic heterocycles. The average Bonchev–Trinajstić information content (AvgIpc) is 2.54. The summed E-state index contributed by atoms with van der Waals surface area (Å²) in [6.45, 7) is 2.34. The molecule has 118 valence electrons. The van der Waals surface area contributed by atoms with E-state index in [1.165, 1.54) is 0 Å². The number of anilines is 2. The van der Waals surface area contributed by atoms with Gasteiger partial charge in [0.1, 0.15) is 0 Å². The highest BCUT2D eigenvalue weighted by Gasteiger charge is 2.20. The van der Waals surface area contributed by atoms with Gasteiger partial charge in [-0.1, -0.05) is 15.9 Å². The third-order valence-corrected chi connectivity index (χ3v) is 4.47. The molecule has 0 atom stereocenters. The summed E-state index contributed by atoms with van der Waals surface area (Å²) in [6, 6.07) is 12.9. The van der Waals surface area contributed by atoms with Crippen LogP contribution < -0.4 is 10.2 Å². The summed E-state index contributed by atoms with van der Waals surface area (Å²) in [5, 5.41) is 2.91. The number of nitrogens with zero attached hydrogens (tertiary/aromatic N) is 1. The highest BCUT2D eigenvalue weighted by atomic mass is 79.9. The third kappa shape index (κ3) is 3.45. The quantitative estimate of drug-likeness (QED) is 0.865. The molecule has 0 unspecified atom stereocenters. The summed E-state index contributed by atoms with van der Waals surface area (Å²) < 4.78 is 0.937. The fourth-order valence-electron chi connectivity index (χ4n) is 2.81. The number of halogens is 1. The van der Waals surface area contributed by atoms with Gasteiger partial charge < -0.3 is 10.2 Å². The standard InChI is InChI=1S/C18H17BrN2O2/c1-12(22)21-10-2-3-14-11-16(8-9-17(14)21)20-18(23)13-4-6-15(19)7-5-13/h4-9,11H,2-3,10H2,1H3,(H,20,23). The van der Waals surface area contributed by atoms with Crippen molar-refractivity contribution in [2.24, 2.45) is 0 Å². The SMILES string of the molecule is CC(=O)N1CCCc2cc(NC(=O)c3ccc(Br)cc3)ccc21. The van der Waals surface area contributed by atoms with Crippen molar-refractivity contribution >= 4 is 39.1 Å². The van der Waals surface area contributed by atoms with Crippen LogP contribution in [0.4, 0.5) is 11.4 Å². The van der Waals surface area contributed by atoms with Gasteiger partial charge in [0.05, 0.1) is 0 Å². The molecule has 2 amide bonds. The van der Waals surface area contributed by atoms with Gasteiger partial charge in [-0.15, -0.1) is 0 Å². The lowest BCUT2D eigenvalue weighted by Gasteiger charge is -2.29. The number of nitrogens with one attached hydrogen (secondary N) is 1. The zero-order chi connectivity index (χ0) is 16.4. The van der Waals surface area contributed by atoms with Crippen molar-refractivity contribution < 1.29 is 9.59 Å². The zero-order valence-electron chi connectivity index (χ0n) is 12.8.